The number of likely N-dealkylation sites (N-methyl/N-ethyl adjacent to an activating group) is 1. The summed E-state index contributed by atoms with van der Waals surface area (Å²) in [5, 5.41) is 23.7. The fourth-order valence-corrected chi connectivity index (χ4v) is 19.1. The Hall–Kier alpha value is -9.21. The Balaban J connectivity index is 0.000000626. The molecular weight excluding hydrogens is 1820 g/mol. The summed E-state index contributed by atoms with van der Waals surface area (Å²) in [6, 6.07) is 42.5. The summed E-state index contributed by atoms with van der Waals surface area (Å²) in [6.07, 6.45) is 14.2. The third-order valence-corrected chi connectivity index (χ3v) is 28.6. The van der Waals surface area contributed by atoms with Crippen molar-refractivity contribution in [1.82, 2.24) is 46.2 Å². The smallest absolute Gasteiger partial charge is 0.297 e. The van der Waals surface area contributed by atoms with Gasteiger partial charge in [-0.15, -0.1) is 0 Å². The lowest BCUT2D eigenvalue weighted by atomic mass is 9.52. The van der Waals surface area contributed by atoms with Gasteiger partial charge in [-0.1, -0.05) is 193 Å². The van der Waals surface area contributed by atoms with Crippen LogP contribution in [-0.4, -0.2) is 284 Å². The summed E-state index contributed by atoms with van der Waals surface area (Å²) < 4.78 is 81.5. The minimum Gasteiger partial charge on any atom is -0.493 e. The topological polar surface area (TPSA) is 322 Å². The number of amides is 6. The van der Waals surface area contributed by atoms with Crippen molar-refractivity contribution in [3.8, 4) is 11.5 Å². The lowest BCUT2D eigenvalue weighted by molar-refractivity contribution is -0.129. The number of nitrogens with zero attached hydrogens (tertiary/aromatic N) is 4. The van der Waals surface area contributed by atoms with Gasteiger partial charge in [0, 0.05) is 125 Å². The van der Waals surface area contributed by atoms with Crippen LogP contribution in [0.3, 0.4) is 0 Å². The van der Waals surface area contributed by atoms with Crippen molar-refractivity contribution < 1.29 is 89.1 Å². The van der Waals surface area contributed by atoms with Crippen LogP contribution in [0.1, 0.15) is 297 Å². The lowest BCUT2D eigenvalue weighted by Gasteiger charge is -2.57. The molecule has 14 rings (SSSR count). The molecule has 0 aromatic heterocycles. The second-order valence-corrected chi connectivity index (χ2v) is 37.9. The monoisotopic (exact) mass is 2000 g/mol. The molecule has 6 aromatic rings. The van der Waals surface area contributed by atoms with E-state index in [0.29, 0.717) is 163 Å². The number of methoxy groups -OCH3 is 1. The Bertz CT molecular complexity index is 4780. The van der Waals surface area contributed by atoms with Crippen molar-refractivity contribution in [1.29, 1.82) is 0 Å². The first kappa shape index (κ1) is 129. The van der Waals surface area contributed by atoms with Crippen molar-refractivity contribution in [2.45, 2.75) is 277 Å². The maximum Gasteiger partial charge on any atom is 0.297 e. The molecule has 6 aromatic carbocycles. The van der Waals surface area contributed by atoms with Gasteiger partial charge in [0.05, 0.1) is 121 Å². The number of carbonyl (C=O) groups excluding carboxylic acids is 6. The fraction of sp³-hybridized carbons (Fsp3) is 0.611. The number of nitrogens with one attached hydrogen (secondary N) is 5. The van der Waals surface area contributed by atoms with Gasteiger partial charge >= 0.3 is 0 Å². The summed E-state index contributed by atoms with van der Waals surface area (Å²) in [5.41, 5.74) is 12.9. The van der Waals surface area contributed by atoms with Gasteiger partial charge in [-0.3, -0.25) is 33.0 Å². The summed E-state index contributed by atoms with van der Waals surface area (Å²) in [5.74, 6) is 4.22. The highest BCUT2D eigenvalue weighted by Crippen LogP contribution is 2.64. The molecule has 142 heavy (non-hydrogen) atoms. The van der Waals surface area contributed by atoms with Gasteiger partial charge in [-0.05, 0) is 222 Å². The number of piperidine rings is 1. The largest absolute Gasteiger partial charge is 0.493 e. The molecule has 12 atom stereocenters. The van der Waals surface area contributed by atoms with Gasteiger partial charge < -0.3 is 93.9 Å². The highest BCUT2D eigenvalue weighted by Gasteiger charge is 2.65. The summed E-state index contributed by atoms with van der Waals surface area (Å²) in [4.78, 5) is 79.3. The molecule has 2 aliphatic carbocycles. The number of carbonyl (C=O) groups is 6. The first-order chi connectivity index (χ1) is 64.7. The minimum atomic E-state index is -3.78. The molecule has 5 saturated heterocycles. The molecule has 9 unspecified atom stereocenters. The first-order valence-electron chi connectivity index (χ1n) is 48.8. The molecule has 800 valence electrons. The van der Waals surface area contributed by atoms with E-state index in [1.807, 2.05) is 91.9 Å². The van der Waals surface area contributed by atoms with Gasteiger partial charge in [-0.25, -0.2) is 0 Å². The molecule has 6 aliphatic heterocycles. The molecule has 0 radical (unpaired) electrons. The Morgan fingerprint density at radius 2 is 0.887 bits per heavy atom. The van der Waals surface area contributed by atoms with Crippen molar-refractivity contribution >= 4 is 45.6 Å². The summed E-state index contributed by atoms with van der Waals surface area (Å²) in [6.45, 7) is 36.7. The van der Waals surface area contributed by atoms with E-state index in [-0.39, 0.29) is 149 Å². The SMILES string of the molecule is C.C.C.C.C.C.C.C.CC(=O)N1CCC(O)C1.CCC(C)c1ccc(C(=O)NCCOCCOC2CCN(C(C)=O)C2)cc1.CCC(C)c1ccc(C(=O)NCCOCCOC2CCN(C3=CCC4[C@H]5Cc6ccc(OC)c7c6[C@@]4(CCN5C)[C@H]3O7)C2)cc1.CCC(C)c1ccc(C(=O)NCCOCCOC2CCNC2)cc1.CCC(C)c1ccc(C(=O)NCCOCCOS(=O)(=O)c2ccc(C)cc2)cc1. The number of aliphatic hydroxyl groups is 1. The zero-order valence-corrected chi connectivity index (χ0v) is 82.4. The molecule has 6 heterocycles. The molecule has 29 heteroatoms. The molecule has 28 nitrogen and oxygen atoms in total. The van der Waals surface area contributed by atoms with E-state index in [4.69, 9.17) is 51.9 Å². The molecule has 5 fully saturated rings. The second-order valence-electron chi connectivity index (χ2n) is 36.3. The number of rotatable bonds is 43. The normalized spacial score (nSPS) is 19.9. The van der Waals surface area contributed by atoms with Gasteiger partial charge in [0.15, 0.2) is 11.5 Å². The third-order valence-electron chi connectivity index (χ3n) is 27.2. The standard InChI is InChI=1S/C37H49N3O5.C22H29NO5S.C21H32N2O4.C19H30N2O3.C6H11NO2.8CH4/c1-5-24(2)25-6-8-26(9-7-25)36(41)38-16-19-43-20-21-44-28-14-17-40(23-28)30-12-11-29-31-22-27-10-13-32(42-4)34-33(27)37(29,35(30)45-34)15-18-39(31)3;1-4-18(3)19-7-9-20(10-8-19)22(24)23-13-14-27-15-16-28-29(25,26)21-11-5-17(2)6-12-21;1-4-16(2)18-5-7-19(8-6-18)21(25)22-10-12-26-13-14-27-20-9-11-23(15-20)17(3)24;1-3-15(2)16-4-6-17(7-5-16)19(22)21-10-11-23-12-13-24-18-8-9-20-14-18;1-5(8)7-3-2-6(9)4-7;;;;;;;;/h6-10,12-13,24,28-29,31,35H,5,11,14-23H2,1-4H3,(H,38,41);5-12,18H,4,13-16H2,1-3H3,(H,23,24);5-8,16,20H,4,9-15H2,1-3H3,(H,22,25);4-7,15,18,20H,3,8-14H2,1-2H3,(H,21,22);6,9H,2-4H2,1H3;8*1H4/t24?,28?,29?,31-,35+,37+;;;;;;;;;;;;/m1............/s1. The molecule has 6 amide bonds. The molecule has 2 bridgehead atoms. The highest BCUT2D eigenvalue weighted by atomic mass is 32.2. The number of hydrogen-bond donors (Lipinski definition) is 6. The predicted molar refractivity (Wildman–Crippen MR) is 574 cm³/mol. The number of aliphatic hydroxyl groups excluding tert-OH is 1. The number of aryl methyl sites for hydroxylation is 1. The van der Waals surface area contributed by atoms with E-state index in [9.17, 15) is 37.2 Å². The number of likely N-dealkylation sites (tertiary alicyclic amines) is 4. The number of ether oxygens (including phenoxy) is 9. The fourth-order valence-electron chi connectivity index (χ4n) is 18.2. The third kappa shape index (κ3) is 37.7. The van der Waals surface area contributed by atoms with Crippen molar-refractivity contribution in [2.24, 2.45) is 5.92 Å². The van der Waals surface area contributed by atoms with E-state index >= 15 is 0 Å². The van der Waals surface area contributed by atoms with Crippen LogP contribution in [0.15, 0.2) is 150 Å². The summed E-state index contributed by atoms with van der Waals surface area (Å²) in [7, 11) is 0.273. The van der Waals surface area contributed by atoms with Crippen LogP contribution in [0.5, 0.6) is 11.5 Å². The number of β-amino-alcohol motifs (C(OH)–C–C–N with tert-alkyl or cyclic N) is 1. The van der Waals surface area contributed by atoms with Crippen molar-refractivity contribution in [2.75, 3.05) is 179 Å². The second kappa shape index (κ2) is 66.0. The van der Waals surface area contributed by atoms with Crippen LogP contribution in [-0.2, 0) is 68.9 Å². The number of benzene rings is 6. The van der Waals surface area contributed by atoms with Gasteiger partial charge in [0.2, 0.25) is 11.8 Å². The molecule has 8 aliphatic rings. The average Bonchev–Trinajstić information content (AvgIpc) is 1.51. The molecule has 6 N–H and O–H groups in total. The Labute approximate surface area is 855 Å². The van der Waals surface area contributed by atoms with Gasteiger partial charge in [0.25, 0.3) is 33.7 Å². The van der Waals surface area contributed by atoms with Crippen LogP contribution >= 0.6 is 0 Å². The Kier molecular flexibility index (Phi) is 59.9. The number of allylic oxidation sites excluding steroid dienone is 1. The number of hydrogen-bond acceptors (Lipinski definition) is 22. The van der Waals surface area contributed by atoms with Crippen LogP contribution in [0.25, 0.3) is 0 Å². The Morgan fingerprint density at radius 1 is 0.486 bits per heavy atom. The van der Waals surface area contributed by atoms with E-state index in [0.717, 1.165) is 134 Å². The lowest BCUT2D eigenvalue weighted by Crippen LogP contribution is -2.64. The molecule has 0 saturated carbocycles. The highest BCUT2D eigenvalue weighted by molar-refractivity contribution is 7.86. The first-order valence-corrected chi connectivity index (χ1v) is 50.2. The zero-order chi connectivity index (χ0) is 96.1. The quantitative estimate of drug-likeness (QED) is 0.0153. The van der Waals surface area contributed by atoms with E-state index in [1.165, 1.54) is 58.1 Å². The van der Waals surface area contributed by atoms with Gasteiger partial charge in [-0.2, -0.15) is 8.42 Å². The van der Waals surface area contributed by atoms with E-state index in [2.05, 4.69) is 129 Å². The van der Waals surface area contributed by atoms with Crippen LogP contribution in [0, 0.1) is 12.8 Å². The van der Waals surface area contributed by atoms with E-state index < -0.39 is 10.1 Å². The maximum atomic E-state index is 12.5. The minimum absolute atomic E-state index is 0. The predicted octanol–water partition coefficient (Wildman–Crippen LogP) is 18.2. The molecular formula is C113H183N9O19S. The van der Waals surface area contributed by atoms with Crippen molar-refractivity contribution in [3.05, 3.63) is 206 Å². The van der Waals surface area contributed by atoms with Crippen LogP contribution in [0.2, 0.25) is 0 Å². The van der Waals surface area contributed by atoms with E-state index in [1.54, 1.807) is 36.0 Å². The molecule has 1 spiro atoms. The Morgan fingerprint density at radius 3 is 1.27 bits per heavy atom. The van der Waals surface area contributed by atoms with Gasteiger partial charge in [0.1, 0.15) is 6.10 Å². The van der Waals surface area contributed by atoms with Crippen LogP contribution in [0.4, 0.5) is 0 Å². The average molecular weight is 2000 g/mol. The zero-order valence-electron chi connectivity index (χ0n) is 81.6. The summed E-state index contributed by atoms with van der Waals surface area (Å²) >= 11 is 0. The van der Waals surface area contributed by atoms with Crippen molar-refractivity contribution in [3.63, 3.8) is 0 Å². The van der Waals surface area contributed by atoms with Crippen LogP contribution < -0.4 is 36.1 Å². The maximum absolute atomic E-state index is 12.5.